The highest BCUT2D eigenvalue weighted by Crippen LogP contribution is 2.11. The highest BCUT2D eigenvalue weighted by molar-refractivity contribution is 5.78. The Labute approximate surface area is 94.3 Å². The maximum absolute atomic E-state index is 10.8. The third kappa shape index (κ3) is 11.5. The maximum atomic E-state index is 10.8. The molecule has 0 saturated carbocycles. The molecule has 1 aliphatic heterocycles. The molecule has 1 fully saturated rings. The Kier molecular flexibility index (Phi) is 15.4. The predicted octanol–water partition coefficient (Wildman–Crippen LogP) is 1.99. The van der Waals surface area contributed by atoms with E-state index in [1.807, 2.05) is 20.8 Å². The molecule has 0 bridgehead atoms. The van der Waals surface area contributed by atoms with Gasteiger partial charge in [-0.2, -0.15) is 0 Å². The lowest BCUT2D eigenvalue weighted by atomic mass is 9.95. The molecule has 0 aromatic heterocycles. The first kappa shape index (κ1) is 17.0. The van der Waals surface area contributed by atoms with E-state index in [9.17, 15) is 4.79 Å². The SMILES string of the molecule is CC.CC(=O)C1CCNCC1.CCCO. The Morgan fingerprint density at radius 3 is 1.93 bits per heavy atom. The van der Waals surface area contributed by atoms with E-state index in [0.29, 0.717) is 18.3 Å². The second-order valence-electron chi connectivity index (χ2n) is 3.36. The van der Waals surface area contributed by atoms with Crippen LogP contribution in [-0.4, -0.2) is 30.6 Å². The van der Waals surface area contributed by atoms with Gasteiger partial charge in [-0.15, -0.1) is 0 Å². The molecule has 0 amide bonds. The van der Waals surface area contributed by atoms with Crippen LogP contribution < -0.4 is 5.32 Å². The number of hydrogen-bond donors (Lipinski definition) is 2. The summed E-state index contributed by atoms with van der Waals surface area (Å²) < 4.78 is 0. The average Bonchev–Trinajstić information content (AvgIpc) is 2.33. The van der Waals surface area contributed by atoms with E-state index in [0.717, 1.165) is 32.4 Å². The number of carbonyl (C=O) groups is 1. The van der Waals surface area contributed by atoms with Crippen LogP contribution in [0.3, 0.4) is 0 Å². The summed E-state index contributed by atoms with van der Waals surface area (Å²) in [5.74, 6) is 0.711. The fourth-order valence-electron chi connectivity index (χ4n) is 1.23. The number of rotatable bonds is 2. The molecular formula is C12H27NO2. The molecule has 1 saturated heterocycles. The highest BCUT2D eigenvalue weighted by Gasteiger charge is 2.16. The number of ketones is 1. The number of Topliss-reactive ketones (excluding diaryl/α,β-unsaturated/α-hetero) is 1. The number of aliphatic hydroxyl groups excluding tert-OH is 1. The van der Waals surface area contributed by atoms with Gasteiger partial charge in [-0.05, 0) is 39.3 Å². The van der Waals surface area contributed by atoms with Gasteiger partial charge >= 0.3 is 0 Å². The van der Waals surface area contributed by atoms with Crippen LogP contribution in [0.4, 0.5) is 0 Å². The van der Waals surface area contributed by atoms with Crippen molar-refractivity contribution in [3.8, 4) is 0 Å². The van der Waals surface area contributed by atoms with Crippen molar-refractivity contribution in [1.82, 2.24) is 5.32 Å². The summed E-state index contributed by atoms with van der Waals surface area (Å²) in [6, 6.07) is 0. The Morgan fingerprint density at radius 2 is 1.73 bits per heavy atom. The normalized spacial score (nSPS) is 15.5. The Balaban J connectivity index is 0. The number of carbonyl (C=O) groups excluding carboxylic acids is 1. The minimum atomic E-state index is 0.319. The fraction of sp³-hybridized carbons (Fsp3) is 0.917. The van der Waals surface area contributed by atoms with Crippen LogP contribution in [-0.2, 0) is 4.79 Å². The molecule has 1 aliphatic rings. The first-order chi connectivity index (χ1) is 7.22. The van der Waals surface area contributed by atoms with Gasteiger partial charge in [0.1, 0.15) is 5.78 Å². The van der Waals surface area contributed by atoms with Gasteiger partial charge in [-0.1, -0.05) is 20.8 Å². The molecule has 0 unspecified atom stereocenters. The minimum absolute atomic E-state index is 0.319. The molecular weight excluding hydrogens is 190 g/mol. The van der Waals surface area contributed by atoms with E-state index in [1.54, 1.807) is 6.92 Å². The topological polar surface area (TPSA) is 49.3 Å². The van der Waals surface area contributed by atoms with Crippen LogP contribution in [0.2, 0.25) is 0 Å². The smallest absolute Gasteiger partial charge is 0.133 e. The van der Waals surface area contributed by atoms with Crippen LogP contribution in [0.1, 0.15) is 47.0 Å². The summed E-state index contributed by atoms with van der Waals surface area (Å²) in [5, 5.41) is 11.1. The van der Waals surface area contributed by atoms with Gasteiger partial charge in [0, 0.05) is 12.5 Å². The van der Waals surface area contributed by atoms with Crippen molar-refractivity contribution < 1.29 is 9.90 Å². The van der Waals surface area contributed by atoms with E-state index in [2.05, 4.69) is 5.32 Å². The van der Waals surface area contributed by atoms with Crippen LogP contribution >= 0.6 is 0 Å². The fourth-order valence-corrected chi connectivity index (χ4v) is 1.23. The molecule has 0 aromatic rings. The lowest BCUT2D eigenvalue weighted by molar-refractivity contribution is -0.121. The summed E-state index contributed by atoms with van der Waals surface area (Å²) in [7, 11) is 0. The lowest BCUT2D eigenvalue weighted by Gasteiger charge is -2.19. The number of aliphatic hydroxyl groups is 1. The predicted molar refractivity (Wildman–Crippen MR) is 65.0 cm³/mol. The maximum Gasteiger partial charge on any atom is 0.133 e. The zero-order chi connectivity index (χ0) is 12.1. The Bertz CT molecular complexity index is 130. The van der Waals surface area contributed by atoms with Crippen molar-refractivity contribution in [3.05, 3.63) is 0 Å². The second-order valence-corrected chi connectivity index (χ2v) is 3.36. The monoisotopic (exact) mass is 217 g/mol. The van der Waals surface area contributed by atoms with Crippen LogP contribution in [0.15, 0.2) is 0 Å². The Morgan fingerprint density at radius 1 is 1.33 bits per heavy atom. The zero-order valence-electron chi connectivity index (χ0n) is 10.7. The van der Waals surface area contributed by atoms with Crippen molar-refractivity contribution in [2.24, 2.45) is 5.92 Å². The standard InChI is InChI=1S/C7H13NO.C3H8O.C2H6/c1-6(9)7-2-4-8-5-3-7;1-2-3-4;1-2/h7-8H,2-5H2,1H3;4H,2-3H2,1H3;1-2H3. The van der Waals surface area contributed by atoms with Crippen LogP contribution in [0, 0.1) is 5.92 Å². The molecule has 15 heavy (non-hydrogen) atoms. The summed E-state index contributed by atoms with van der Waals surface area (Å²) in [6.07, 6.45) is 2.95. The molecule has 1 rings (SSSR count). The third-order valence-electron chi connectivity index (χ3n) is 2.14. The molecule has 0 atom stereocenters. The van der Waals surface area contributed by atoms with Crippen molar-refractivity contribution >= 4 is 5.78 Å². The second kappa shape index (κ2) is 13.6. The van der Waals surface area contributed by atoms with Crippen molar-refractivity contribution in [2.45, 2.75) is 47.0 Å². The highest BCUT2D eigenvalue weighted by atomic mass is 16.2. The minimum Gasteiger partial charge on any atom is -0.396 e. The molecule has 3 heteroatoms. The molecule has 2 N–H and O–H groups in total. The van der Waals surface area contributed by atoms with Gasteiger partial charge in [0.05, 0.1) is 0 Å². The van der Waals surface area contributed by atoms with E-state index in [4.69, 9.17) is 5.11 Å². The molecule has 0 spiro atoms. The summed E-state index contributed by atoms with van der Waals surface area (Å²) in [5.41, 5.74) is 0. The first-order valence-corrected chi connectivity index (χ1v) is 6.04. The zero-order valence-corrected chi connectivity index (χ0v) is 10.7. The van der Waals surface area contributed by atoms with Crippen LogP contribution in [0.5, 0.6) is 0 Å². The molecule has 1 heterocycles. The van der Waals surface area contributed by atoms with E-state index < -0.39 is 0 Å². The van der Waals surface area contributed by atoms with Gasteiger partial charge < -0.3 is 10.4 Å². The third-order valence-corrected chi connectivity index (χ3v) is 2.14. The summed E-state index contributed by atoms with van der Waals surface area (Å²) in [4.78, 5) is 10.8. The molecule has 0 aliphatic carbocycles. The van der Waals surface area contributed by atoms with Crippen molar-refractivity contribution in [3.63, 3.8) is 0 Å². The largest absolute Gasteiger partial charge is 0.396 e. The summed E-state index contributed by atoms with van der Waals surface area (Å²) in [6.45, 7) is 9.98. The Hall–Kier alpha value is -0.410. The van der Waals surface area contributed by atoms with Gasteiger partial charge in [-0.3, -0.25) is 4.79 Å². The van der Waals surface area contributed by atoms with E-state index in [-0.39, 0.29) is 0 Å². The quantitative estimate of drug-likeness (QED) is 0.743. The summed E-state index contributed by atoms with van der Waals surface area (Å²) >= 11 is 0. The van der Waals surface area contributed by atoms with Crippen LogP contribution in [0.25, 0.3) is 0 Å². The molecule has 0 aromatic carbocycles. The lowest BCUT2D eigenvalue weighted by Crippen LogP contribution is -2.30. The number of hydrogen-bond acceptors (Lipinski definition) is 3. The van der Waals surface area contributed by atoms with Gasteiger partial charge in [0.25, 0.3) is 0 Å². The van der Waals surface area contributed by atoms with Crippen molar-refractivity contribution in [2.75, 3.05) is 19.7 Å². The molecule has 92 valence electrons. The molecule has 3 nitrogen and oxygen atoms in total. The van der Waals surface area contributed by atoms with E-state index >= 15 is 0 Å². The van der Waals surface area contributed by atoms with E-state index in [1.165, 1.54) is 0 Å². The first-order valence-electron chi connectivity index (χ1n) is 6.04. The number of piperidine rings is 1. The van der Waals surface area contributed by atoms with Gasteiger partial charge in [-0.25, -0.2) is 0 Å². The molecule has 0 radical (unpaired) electrons. The number of nitrogens with one attached hydrogen (secondary N) is 1. The van der Waals surface area contributed by atoms with Crippen molar-refractivity contribution in [1.29, 1.82) is 0 Å². The average molecular weight is 217 g/mol. The van der Waals surface area contributed by atoms with Gasteiger partial charge in [0.2, 0.25) is 0 Å². The van der Waals surface area contributed by atoms with Gasteiger partial charge in [0.15, 0.2) is 0 Å².